The molecule has 17 heteroatoms. The number of para-hydroxylation sites is 1. The molecule has 5 N–H and O–H groups in total. The third kappa shape index (κ3) is 7.19. The Hall–Kier alpha value is -2.61. The Morgan fingerprint density at radius 1 is 1.20 bits per heavy atom. The first-order chi connectivity index (χ1) is 16.4. The van der Waals surface area contributed by atoms with Gasteiger partial charge in [-0.3, -0.25) is 28.8 Å². The molecule has 1 saturated heterocycles. The number of nitrogens with one attached hydrogen (secondary N) is 2. The van der Waals surface area contributed by atoms with E-state index in [0.29, 0.717) is 5.69 Å². The van der Waals surface area contributed by atoms with E-state index in [0.717, 1.165) is 16.8 Å². The summed E-state index contributed by atoms with van der Waals surface area (Å²) in [6.07, 6.45) is -6.64. The lowest BCUT2D eigenvalue weighted by atomic mass is 10.1. The van der Waals surface area contributed by atoms with Crippen LogP contribution in [0.2, 0.25) is 0 Å². The maximum Gasteiger partial charge on any atom is 0.479 e. The smallest absolute Gasteiger partial charge is 0.438 e. The first-order valence-corrected chi connectivity index (χ1v) is 13.3. The largest absolute Gasteiger partial charge is 0.479 e. The number of phosphoric ester groups is 1. The molecule has 2 heterocycles. The average molecular weight is 535 g/mol. The third-order valence-corrected chi connectivity index (χ3v) is 7.85. The quantitative estimate of drug-likeness (QED) is 0.281. The molecule has 1 fully saturated rings. The average Bonchev–Trinajstić information content (AvgIpc) is 3.07. The van der Waals surface area contributed by atoms with Crippen molar-refractivity contribution in [1.29, 1.82) is 0 Å². The van der Waals surface area contributed by atoms with Crippen LogP contribution in [-0.4, -0.2) is 61.6 Å². The number of anilines is 1. The molecule has 0 bridgehead atoms. The molecule has 0 saturated carbocycles. The van der Waals surface area contributed by atoms with Gasteiger partial charge < -0.3 is 24.4 Å². The van der Waals surface area contributed by atoms with Gasteiger partial charge in [0.2, 0.25) is 0 Å². The van der Waals surface area contributed by atoms with Gasteiger partial charge in [0.15, 0.2) is 12.3 Å². The topological polar surface area (TPSA) is 216 Å². The van der Waals surface area contributed by atoms with Gasteiger partial charge in [-0.2, -0.15) is 0 Å². The van der Waals surface area contributed by atoms with E-state index in [1.807, 2.05) is 4.98 Å². The zero-order chi connectivity index (χ0) is 25.8. The number of phosphoric acid groups is 1. The fourth-order valence-corrected chi connectivity index (χ4v) is 5.31. The van der Waals surface area contributed by atoms with E-state index in [-0.39, 0.29) is 0 Å². The highest BCUT2D eigenvalue weighted by Gasteiger charge is 2.49. The Morgan fingerprint density at radius 3 is 2.51 bits per heavy atom. The van der Waals surface area contributed by atoms with Crippen LogP contribution in [0.25, 0.3) is 0 Å². The van der Waals surface area contributed by atoms with Crippen molar-refractivity contribution in [1.82, 2.24) is 9.55 Å². The molecule has 4 unspecified atom stereocenters. The highest BCUT2D eigenvalue weighted by Crippen LogP contribution is 2.59. The molecule has 1 aliphatic heterocycles. The number of carbonyl (C=O) groups is 1. The molecule has 0 spiro atoms. The summed E-state index contributed by atoms with van der Waals surface area (Å²) in [6, 6.07) is 9.14. The highest BCUT2D eigenvalue weighted by molar-refractivity contribution is 7.63. The van der Waals surface area contributed by atoms with Crippen molar-refractivity contribution in [3.05, 3.63) is 63.4 Å². The van der Waals surface area contributed by atoms with Crippen molar-refractivity contribution in [2.24, 2.45) is 0 Å². The summed E-state index contributed by atoms with van der Waals surface area (Å²) in [6.45, 7) is 0.396. The van der Waals surface area contributed by atoms with E-state index in [2.05, 4.69) is 14.2 Å². The van der Waals surface area contributed by atoms with Gasteiger partial charge in [-0.05, 0) is 12.1 Å². The van der Waals surface area contributed by atoms with E-state index in [1.54, 1.807) is 30.3 Å². The van der Waals surface area contributed by atoms with Crippen LogP contribution in [-0.2, 0) is 27.4 Å². The monoisotopic (exact) mass is 535 g/mol. The van der Waals surface area contributed by atoms with Crippen molar-refractivity contribution >= 4 is 27.2 Å². The van der Waals surface area contributed by atoms with E-state index in [4.69, 9.17) is 9.47 Å². The fraction of sp³-hybridized carbons (Fsp3) is 0.389. The predicted molar refractivity (Wildman–Crippen MR) is 119 cm³/mol. The third-order valence-electron chi connectivity index (χ3n) is 4.73. The minimum atomic E-state index is -5.05. The second kappa shape index (κ2) is 11.0. The molecular formula is C18H23N3O12P2. The van der Waals surface area contributed by atoms with Crippen molar-refractivity contribution in [2.75, 3.05) is 18.1 Å². The highest BCUT2D eigenvalue weighted by atomic mass is 31.3. The molecule has 1 amide bonds. The van der Waals surface area contributed by atoms with E-state index in [1.165, 1.54) is 6.92 Å². The lowest BCUT2D eigenvalue weighted by Gasteiger charge is -2.22. The Bertz CT molecular complexity index is 1250. The van der Waals surface area contributed by atoms with Crippen LogP contribution in [0.15, 0.2) is 52.2 Å². The molecule has 0 aliphatic carbocycles. The second-order valence-corrected chi connectivity index (χ2v) is 11.0. The molecule has 0 radical (unpaired) electrons. The summed E-state index contributed by atoms with van der Waals surface area (Å²) in [4.78, 5) is 57.2. The van der Waals surface area contributed by atoms with Crippen molar-refractivity contribution in [3.63, 3.8) is 0 Å². The SMILES string of the molecule is CCP(=O)(O)OP(=O)(O)OC[C@H]1O[C@@H](n2ccc(=O)[nH]c2=O)C(OC(=O)Nc2ccccc2)C1O. The summed E-state index contributed by atoms with van der Waals surface area (Å²) in [5, 5.41) is 13.1. The van der Waals surface area contributed by atoms with Crippen LogP contribution in [0, 0.1) is 0 Å². The number of aromatic nitrogens is 2. The van der Waals surface area contributed by atoms with Crippen LogP contribution in [0.3, 0.4) is 0 Å². The molecule has 192 valence electrons. The Labute approximate surface area is 197 Å². The van der Waals surface area contributed by atoms with Crippen molar-refractivity contribution in [3.8, 4) is 0 Å². The van der Waals surface area contributed by atoms with Crippen LogP contribution < -0.4 is 16.6 Å². The van der Waals surface area contributed by atoms with Crippen LogP contribution in [0.1, 0.15) is 13.2 Å². The number of amides is 1. The fourth-order valence-electron chi connectivity index (χ4n) is 3.04. The summed E-state index contributed by atoms with van der Waals surface area (Å²) >= 11 is 0. The zero-order valence-corrected chi connectivity index (χ0v) is 19.9. The van der Waals surface area contributed by atoms with Crippen LogP contribution >= 0.6 is 15.4 Å². The Kier molecular flexibility index (Phi) is 8.46. The minimum Gasteiger partial charge on any atom is -0.438 e. The summed E-state index contributed by atoms with van der Waals surface area (Å²) in [5.41, 5.74) is -1.30. The molecule has 15 nitrogen and oxygen atoms in total. The normalized spacial score (nSPS) is 25.4. The zero-order valence-electron chi connectivity index (χ0n) is 18.1. The van der Waals surface area contributed by atoms with E-state index < -0.39 is 70.1 Å². The standard InChI is InChI=1S/C18H23N3O12P2/c1-2-34(26,27)33-35(28,29)30-10-12-14(23)15(32-18(25)19-11-6-4-3-5-7-11)16(31-12)21-9-8-13(22)20-17(21)24/h3-9,12,14-16,23H,2,10H2,1H3,(H,19,25)(H,26,27)(H,28,29)(H,20,22,24)/t12-,14?,15?,16-/m1/s1. The Balaban J connectivity index is 1.80. The van der Waals surface area contributed by atoms with Gasteiger partial charge in [0, 0.05) is 24.1 Å². The van der Waals surface area contributed by atoms with Gasteiger partial charge in [0.05, 0.1) is 6.61 Å². The summed E-state index contributed by atoms with van der Waals surface area (Å²) < 4.78 is 44.2. The lowest BCUT2D eigenvalue weighted by Crippen LogP contribution is -2.41. The summed E-state index contributed by atoms with van der Waals surface area (Å²) in [5.74, 6) is 0. The van der Waals surface area contributed by atoms with Gasteiger partial charge in [0.25, 0.3) is 5.56 Å². The molecule has 2 aromatic rings. The number of hydrogen-bond donors (Lipinski definition) is 5. The maximum atomic E-state index is 12.4. The van der Waals surface area contributed by atoms with Crippen LogP contribution in [0.5, 0.6) is 0 Å². The molecule has 1 aromatic carbocycles. The van der Waals surface area contributed by atoms with E-state index >= 15 is 0 Å². The number of rotatable bonds is 9. The number of benzene rings is 1. The molecule has 1 aliphatic rings. The minimum absolute atomic E-state index is 0.367. The number of hydrogen-bond acceptors (Lipinski definition) is 10. The van der Waals surface area contributed by atoms with Gasteiger partial charge >= 0.3 is 27.2 Å². The van der Waals surface area contributed by atoms with Crippen molar-refractivity contribution < 1.29 is 47.1 Å². The predicted octanol–water partition coefficient (Wildman–Crippen LogP) is 0.751. The number of ether oxygens (including phenoxy) is 2. The molecule has 6 atom stereocenters. The lowest BCUT2D eigenvalue weighted by molar-refractivity contribution is -0.0550. The number of aromatic amines is 1. The van der Waals surface area contributed by atoms with Gasteiger partial charge in [-0.25, -0.2) is 18.5 Å². The molecule has 3 rings (SSSR count). The number of aliphatic hydroxyl groups excluding tert-OH is 1. The van der Waals surface area contributed by atoms with Crippen LogP contribution in [0.4, 0.5) is 10.5 Å². The first kappa shape index (κ1) is 27.0. The molecule has 1 aromatic heterocycles. The number of H-pyrrole nitrogens is 1. The Morgan fingerprint density at radius 2 is 1.89 bits per heavy atom. The number of carbonyl (C=O) groups excluding carboxylic acids is 1. The second-order valence-electron chi connectivity index (χ2n) is 7.23. The summed E-state index contributed by atoms with van der Waals surface area (Å²) in [7, 11) is -9.46. The maximum absolute atomic E-state index is 12.4. The molecular weight excluding hydrogens is 512 g/mol. The van der Waals surface area contributed by atoms with Gasteiger partial charge in [0.1, 0.15) is 12.2 Å². The van der Waals surface area contributed by atoms with E-state index in [9.17, 15) is 38.4 Å². The number of nitrogens with zero attached hydrogens (tertiary/aromatic N) is 1. The molecule has 35 heavy (non-hydrogen) atoms. The van der Waals surface area contributed by atoms with Gasteiger partial charge in [-0.15, -0.1) is 0 Å². The van der Waals surface area contributed by atoms with Crippen molar-refractivity contribution in [2.45, 2.75) is 31.5 Å². The number of aliphatic hydroxyl groups is 1. The first-order valence-electron chi connectivity index (χ1n) is 10.1. The van der Waals surface area contributed by atoms with Gasteiger partial charge in [-0.1, -0.05) is 25.1 Å².